The summed E-state index contributed by atoms with van der Waals surface area (Å²) in [6.45, 7) is 8.60. The molecule has 0 aliphatic carbocycles. The SMILES string of the molecule is CN(C(=O)CCC(C)(C)CCN)C(C)(C)CO. The fourth-order valence-electron chi connectivity index (χ4n) is 1.57. The van der Waals surface area contributed by atoms with Crippen LogP contribution in [0.15, 0.2) is 0 Å². The average Bonchev–Trinajstić information content (AvgIpc) is 2.24. The maximum atomic E-state index is 12.0. The third kappa shape index (κ3) is 5.50. The highest BCUT2D eigenvalue weighted by molar-refractivity contribution is 5.76. The van der Waals surface area contributed by atoms with Crippen LogP contribution in [0.4, 0.5) is 0 Å². The lowest BCUT2D eigenvalue weighted by Crippen LogP contribution is -2.47. The van der Waals surface area contributed by atoms with E-state index in [-0.39, 0.29) is 17.9 Å². The summed E-state index contributed by atoms with van der Waals surface area (Å²) < 4.78 is 0. The van der Waals surface area contributed by atoms with Gasteiger partial charge in [-0.3, -0.25) is 4.79 Å². The number of carbonyl (C=O) groups is 1. The summed E-state index contributed by atoms with van der Waals surface area (Å²) in [6, 6.07) is 0. The fourth-order valence-corrected chi connectivity index (χ4v) is 1.57. The van der Waals surface area contributed by atoms with Crippen molar-refractivity contribution in [3.05, 3.63) is 0 Å². The Morgan fingerprint density at radius 1 is 1.24 bits per heavy atom. The molecule has 0 rings (SSSR count). The van der Waals surface area contributed by atoms with E-state index in [9.17, 15) is 9.90 Å². The molecule has 0 saturated heterocycles. The summed E-state index contributed by atoms with van der Waals surface area (Å²) >= 11 is 0. The summed E-state index contributed by atoms with van der Waals surface area (Å²) in [5, 5.41) is 9.22. The van der Waals surface area contributed by atoms with Crippen molar-refractivity contribution < 1.29 is 9.90 Å². The lowest BCUT2D eigenvalue weighted by atomic mass is 9.84. The van der Waals surface area contributed by atoms with Crippen molar-refractivity contribution >= 4 is 5.91 Å². The van der Waals surface area contributed by atoms with E-state index < -0.39 is 5.54 Å². The lowest BCUT2D eigenvalue weighted by Gasteiger charge is -2.35. The molecule has 0 saturated carbocycles. The van der Waals surface area contributed by atoms with Crippen LogP contribution in [-0.4, -0.2) is 41.7 Å². The molecule has 1 amide bonds. The summed E-state index contributed by atoms with van der Waals surface area (Å²) in [4.78, 5) is 13.6. The minimum absolute atomic E-state index is 0.0264. The number of nitrogens with two attached hydrogens (primary N) is 1. The van der Waals surface area contributed by atoms with Crippen LogP contribution in [0.3, 0.4) is 0 Å². The third-order valence-electron chi connectivity index (χ3n) is 3.51. The number of rotatable bonds is 7. The van der Waals surface area contributed by atoms with Gasteiger partial charge in [-0.1, -0.05) is 13.8 Å². The second-order valence-electron chi connectivity index (χ2n) is 6.13. The Balaban J connectivity index is 4.28. The molecule has 0 spiro atoms. The van der Waals surface area contributed by atoms with E-state index in [1.54, 1.807) is 11.9 Å². The summed E-state index contributed by atoms with van der Waals surface area (Å²) in [5.74, 6) is 0.0779. The van der Waals surface area contributed by atoms with Crippen LogP contribution in [0.1, 0.15) is 47.0 Å². The Labute approximate surface area is 105 Å². The molecule has 0 aliphatic heterocycles. The first-order valence-corrected chi connectivity index (χ1v) is 6.24. The number of amides is 1. The van der Waals surface area contributed by atoms with E-state index in [0.717, 1.165) is 12.8 Å². The van der Waals surface area contributed by atoms with Gasteiger partial charge in [-0.2, -0.15) is 0 Å². The molecule has 0 atom stereocenters. The Morgan fingerprint density at radius 2 is 1.76 bits per heavy atom. The Kier molecular flexibility index (Phi) is 6.13. The van der Waals surface area contributed by atoms with Crippen LogP contribution in [0, 0.1) is 5.41 Å². The number of carbonyl (C=O) groups excluding carboxylic acids is 1. The van der Waals surface area contributed by atoms with Gasteiger partial charge in [0.2, 0.25) is 5.91 Å². The first-order valence-electron chi connectivity index (χ1n) is 6.24. The highest BCUT2D eigenvalue weighted by Crippen LogP contribution is 2.26. The molecule has 102 valence electrons. The average molecular weight is 244 g/mol. The predicted molar refractivity (Wildman–Crippen MR) is 70.6 cm³/mol. The van der Waals surface area contributed by atoms with Gasteiger partial charge in [0.25, 0.3) is 0 Å². The summed E-state index contributed by atoms with van der Waals surface area (Å²) in [6.07, 6.45) is 2.26. The van der Waals surface area contributed by atoms with E-state index in [0.29, 0.717) is 13.0 Å². The van der Waals surface area contributed by atoms with Gasteiger partial charge >= 0.3 is 0 Å². The third-order valence-corrected chi connectivity index (χ3v) is 3.51. The zero-order valence-corrected chi connectivity index (χ0v) is 11.9. The van der Waals surface area contributed by atoms with Crippen LogP contribution in [0.25, 0.3) is 0 Å². The van der Waals surface area contributed by atoms with E-state index in [1.165, 1.54) is 0 Å². The van der Waals surface area contributed by atoms with Crippen LogP contribution >= 0.6 is 0 Å². The molecule has 4 nitrogen and oxygen atoms in total. The van der Waals surface area contributed by atoms with Gasteiger partial charge < -0.3 is 15.7 Å². The van der Waals surface area contributed by atoms with Crippen LogP contribution < -0.4 is 5.73 Å². The second kappa shape index (κ2) is 6.36. The standard InChI is InChI=1S/C13H28N2O2/c1-12(2,8-9-14)7-6-11(17)15(5)13(3,4)10-16/h16H,6-10,14H2,1-5H3. The van der Waals surface area contributed by atoms with Gasteiger partial charge in [-0.25, -0.2) is 0 Å². The zero-order chi connectivity index (χ0) is 13.7. The maximum Gasteiger partial charge on any atom is 0.222 e. The molecule has 0 aliphatic rings. The number of hydrogen-bond donors (Lipinski definition) is 2. The van der Waals surface area contributed by atoms with E-state index in [4.69, 9.17) is 5.73 Å². The molecule has 0 unspecified atom stereocenters. The number of likely N-dealkylation sites (N-methyl/N-ethyl adjacent to an activating group) is 1. The molecule has 0 heterocycles. The summed E-state index contributed by atoms with van der Waals surface area (Å²) in [5.41, 5.74) is 5.16. The van der Waals surface area contributed by atoms with Crippen LogP contribution in [0.2, 0.25) is 0 Å². The van der Waals surface area contributed by atoms with Crippen molar-refractivity contribution in [2.24, 2.45) is 11.1 Å². The normalized spacial score (nSPS) is 12.6. The molecular weight excluding hydrogens is 216 g/mol. The van der Waals surface area contributed by atoms with Crippen molar-refractivity contribution in [1.29, 1.82) is 0 Å². The Hall–Kier alpha value is -0.610. The molecule has 0 radical (unpaired) electrons. The van der Waals surface area contributed by atoms with E-state index in [2.05, 4.69) is 13.8 Å². The predicted octanol–water partition coefficient (Wildman–Crippen LogP) is 1.37. The molecule has 0 aromatic rings. The molecule has 0 aromatic carbocycles. The minimum Gasteiger partial charge on any atom is -0.394 e. The molecule has 0 bridgehead atoms. The highest BCUT2D eigenvalue weighted by atomic mass is 16.3. The first kappa shape index (κ1) is 16.4. The lowest BCUT2D eigenvalue weighted by molar-refractivity contribution is -0.136. The Morgan fingerprint density at radius 3 is 2.18 bits per heavy atom. The Bertz CT molecular complexity index is 250. The molecule has 0 aromatic heterocycles. The van der Waals surface area contributed by atoms with Crippen LogP contribution in [0.5, 0.6) is 0 Å². The van der Waals surface area contributed by atoms with Gasteiger partial charge in [-0.15, -0.1) is 0 Å². The van der Waals surface area contributed by atoms with Crippen molar-refractivity contribution in [2.75, 3.05) is 20.2 Å². The van der Waals surface area contributed by atoms with Gasteiger partial charge in [-0.05, 0) is 38.6 Å². The van der Waals surface area contributed by atoms with Gasteiger partial charge in [0.15, 0.2) is 0 Å². The largest absolute Gasteiger partial charge is 0.394 e. The number of aliphatic hydroxyl groups excluding tert-OH is 1. The van der Waals surface area contributed by atoms with E-state index >= 15 is 0 Å². The maximum absolute atomic E-state index is 12.0. The van der Waals surface area contributed by atoms with Gasteiger partial charge in [0, 0.05) is 13.5 Å². The van der Waals surface area contributed by atoms with Crippen molar-refractivity contribution in [2.45, 2.75) is 52.5 Å². The molecule has 3 N–H and O–H groups in total. The quantitative estimate of drug-likeness (QED) is 0.711. The van der Waals surface area contributed by atoms with Crippen molar-refractivity contribution in [1.82, 2.24) is 4.90 Å². The topological polar surface area (TPSA) is 66.6 Å². The fraction of sp³-hybridized carbons (Fsp3) is 0.923. The van der Waals surface area contributed by atoms with Crippen molar-refractivity contribution in [3.63, 3.8) is 0 Å². The van der Waals surface area contributed by atoms with Gasteiger partial charge in [0.1, 0.15) is 0 Å². The van der Waals surface area contributed by atoms with Gasteiger partial charge in [0.05, 0.1) is 12.1 Å². The molecule has 17 heavy (non-hydrogen) atoms. The number of nitrogens with zero attached hydrogens (tertiary/aromatic N) is 1. The highest BCUT2D eigenvalue weighted by Gasteiger charge is 2.27. The minimum atomic E-state index is -0.491. The summed E-state index contributed by atoms with van der Waals surface area (Å²) in [7, 11) is 1.74. The van der Waals surface area contributed by atoms with E-state index in [1.807, 2.05) is 13.8 Å². The molecule has 4 heteroatoms. The molecular formula is C13H28N2O2. The monoisotopic (exact) mass is 244 g/mol. The first-order chi connectivity index (χ1) is 7.66. The molecule has 0 fully saturated rings. The van der Waals surface area contributed by atoms with Crippen molar-refractivity contribution in [3.8, 4) is 0 Å². The second-order valence-corrected chi connectivity index (χ2v) is 6.13. The number of aliphatic hydroxyl groups is 1. The smallest absolute Gasteiger partial charge is 0.222 e. The van der Waals surface area contributed by atoms with Crippen LogP contribution in [-0.2, 0) is 4.79 Å². The zero-order valence-electron chi connectivity index (χ0n) is 11.9. The number of hydrogen-bond acceptors (Lipinski definition) is 3.